The number of aryl methyl sites for hydroxylation is 1. The van der Waals surface area contributed by atoms with Crippen molar-refractivity contribution in [2.75, 3.05) is 13.7 Å². The molecule has 4 rings (SSSR count). The Labute approximate surface area is 208 Å². The highest BCUT2D eigenvalue weighted by molar-refractivity contribution is 6.00. The van der Waals surface area contributed by atoms with E-state index in [1.165, 1.54) is 11.1 Å². The summed E-state index contributed by atoms with van der Waals surface area (Å²) in [7, 11) is 2.19. The van der Waals surface area contributed by atoms with Gasteiger partial charge in [-0.15, -0.1) is 0 Å². The molecule has 2 aliphatic heterocycles. The molecule has 1 saturated heterocycles. The van der Waals surface area contributed by atoms with E-state index in [9.17, 15) is 9.59 Å². The van der Waals surface area contributed by atoms with Crippen molar-refractivity contribution in [3.63, 3.8) is 0 Å². The predicted molar refractivity (Wildman–Crippen MR) is 138 cm³/mol. The second-order valence-corrected chi connectivity index (χ2v) is 10.5. The van der Waals surface area contributed by atoms with Crippen molar-refractivity contribution in [1.82, 2.24) is 9.80 Å². The highest BCUT2D eigenvalue weighted by atomic mass is 16.5. The third-order valence-corrected chi connectivity index (χ3v) is 8.30. The van der Waals surface area contributed by atoms with Crippen LogP contribution in [0.3, 0.4) is 0 Å². The highest BCUT2D eigenvalue weighted by Gasteiger charge is 2.53. The van der Waals surface area contributed by atoms with E-state index in [1.54, 1.807) is 6.92 Å². The van der Waals surface area contributed by atoms with Crippen LogP contribution in [-0.4, -0.2) is 59.8 Å². The van der Waals surface area contributed by atoms with E-state index in [0.717, 1.165) is 62.0 Å². The van der Waals surface area contributed by atoms with Crippen molar-refractivity contribution in [2.24, 2.45) is 15.6 Å². The first-order valence-electron chi connectivity index (χ1n) is 12.7. The lowest BCUT2D eigenvalue weighted by atomic mass is 9.70. The number of hydrogen-bond donors (Lipinski definition) is 0. The van der Waals surface area contributed by atoms with Gasteiger partial charge >= 0.3 is 5.97 Å². The van der Waals surface area contributed by atoms with Crippen molar-refractivity contribution < 1.29 is 14.3 Å². The van der Waals surface area contributed by atoms with Crippen LogP contribution in [0.15, 0.2) is 39.7 Å². The molecule has 0 unspecified atom stereocenters. The molecule has 2 fully saturated rings. The number of benzene rings is 1. The molecule has 3 aliphatic rings. The zero-order valence-corrected chi connectivity index (χ0v) is 21.8. The smallest absolute Gasteiger partial charge is 0.336 e. The summed E-state index contributed by atoms with van der Waals surface area (Å²) in [5.74, 6) is -0.113. The SMILES string of the molecule is C=N/N=C(\C)c1ccc(CN(C)C2CCC3(CC2)C[C@@H](C)N(C2=C(C)C(=O)OC2)C3=O)cc1CC. The molecule has 1 amide bonds. The summed E-state index contributed by atoms with van der Waals surface area (Å²) in [6, 6.07) is 7.15. The van der Waals surface area contributed by atoms with E-state index in [-0.39, 0.29) is 29.9 Å². The standard InChI is InChI=1S/C28H38N4O3/c1-7-22-14-21(8-9-24(22)20(4)30-29-5)16-31(6)23-10-12-28(13-11-23)15-18(2)32(27(28)34)25-17-35-26(33)19(25)3/h8-9,14,18,23H,5,7,10-13,15-17H2,1-4,6H3/b30-20+/t18-,23?,28?/m1/s1. The molecule has 7 nitrogen and oxygen atoms in total. The molecule has 0 radical (unpaired) electrons. The largest absolute Gasteiger partial charge is 0.456 e. The number of hydrogen-bond acceptors (Lipinski definition) is 6. The van der Waals surface area contributed by atoms with Gasteiger partial charge in [-0.05, 0) is 77.5 Å². The van der Waals surface area contributed by atoms with Crippen LogP contribution in [0.25, 0.3) is 0 Å². The first kappa shape index (κ1) is 25.3. The van der Waals surface area contributed by atoms with Gasteiger partial charge in [-0.2, -0.15) is 10.2 Å². The Morgan fingerprint density at radius 2 is 2.00 bits per heavy atom. The summed E-state index contributed by atoms with van der Waals surface area (Å²) in [6.45, 7) is 12.6. The topological polar surface area (TPSA) is 74.6 Å². The van der Waals surface area contributed by atoms with Crippen LogP contribution in [0.5, 0.6) is 0 Å². The average molecular weight is 479 g/mol. The van der Waals surface area contributed by atoms with Gasteiger partial charge < -0.3 is 9.64 Å². The minimum Gasteiger partial charge on any atom is -0.456 e. The Kier molecular flexibility index (Phi) is 7.27. The summed E-state index contributed by atoms with van der Waals surface area (Å²) < 4.78 is 5.19. The summed E-state index contributed by atoms with van der Waals surface area (Å²) >= 11 is 0. The zero-order valence-electron chi connectivity index (χ0n) is 21.8. The monoisotopic (exact) mass is 478 g/mol. The number of esters is 1. The number of rotatable bonds is 7. The van der Waals surface area contributed by atoms with Gasteiger partial charge in [0.1, 0.15) is 6.61 Å². The van der Waals surface area contributed by atoms with Gasteiger partial charge in [0.15, 0.2) is 0 Å². The van der Waals surface area contributed by atoms with Crippen molar-refractivity contribution in [1.29, 1.82) is 0 Å². The number of likely N-dealkylation sites (tertiary alicyclic amines) is 1. The van der Waals surface area contributed by atoms with Gasteiger partial charge in [0.25, 0.3) is 0 Å². The van der Waals surface area contributed by atoms with Crippen LogP contribution >= 0.6 is 0 Å². The Balaban J connectivity index is 1.41. The fraction of sp³-hybridized carbons (Fsp3) is 0.571. The lowest BCUT2D eigenvalue weighted by Gasteiger charge is -2.39. The molecular formula is C28H38N4O3. The Morgan fingerprint density at radius 3 is 2.60 bits per heavy atom. The van der Waals surface area contributed by atoms with Gasteiger partial charge in [-0.25, -0.2) is 4.79 Å². The normalized spacial score (nSPS) is 27.4. The fourth-order valence-electron chi connectivity index (χ4n) is 6.29. The van der Waals surface area contributed by atoms with Crippen LogP contribution in [0, 0.1) is 5.41 Å². The lowest BCUT2D eigenvalue weighted by molar-refractivity contribution is -0.139. The molecule has 1 atom stereocenters. The van der Waals surface area contributed by atoms with Crippen LogP contribution in [0.1, 0.15) is 76.5 Å². The van der Waals surface area contributed by atoms with E-state index in [2.05, 4.69) is 60.9 Å². The van der Waals surface area contributed by atoms with Crippen molar-refractivity contribution >= 4 is 24.3 Å². The number of amides is 1. The van der Waals surface area contributed by atoms with E-state index in [0.29, 0.717) is 11.6 Å². The van der Waals surface area contributed by atoms with E-state index in [1.807, 2.05) is 11.8 Å². The molecule has 188 valence electrons. The summed E-state index contributed by atoms with van der Waals surface area (Å²) in [5, 5.41) is 7.79. The molecule has 0 aromatic heterocycles. The van der Waals surface area contributed by atoms with Gasteiger partial charge in [0.05, 0.1) is 22.4 Å². The summed E-state index contributed by atoms with van der Waals surface area (Å²) in [5.41, 5.74) is 5.62. The van der Waals surface area contributed by atoms with E-state index >= 15 is 0 Å². The van der Waals surface area contributed by atoms with Crippen LogP contribution < -0.4 is 0 Å². The Bertz CT molecular complexity index is 1080. The lowest BCUT2D eigenvalue weighted by Crippen LogP contribution is -2.42. The van der Waals surface area contributed by atoms with Crippen molar-refractivity contribution in [2.45, 2.75) is 84.8 Å². The maximum atomic E-state index is 13.6. The molecule has 35 heavy (non-hydrogen) atoms. The van der Waals surface area contributed by atoms with Gasteiger partial charge in [-0.1, -0.05) is 25.1 Å². The molecule has 2 heterocycles. The Hall–Kier alpha value is -2.80. The third-order valence-electron chi connectivity index (χ3n) is 8.30. The van der Waals surface area contributed by atoms with Crippen molar-refractivity contribution in [3.8, 4) is 0 Å². The molecule has 0 N–H and O–H groups in total. The second kappa shape index (κ2) is 10.1. The summed E-state index contributed by atoms with van der Waals surface area (Å²) in [6.07, 6.45) is 5.59. The second-order valence-electron chi connectivity index (χ2n) is 10.5. The molecule has 1 aromatic rings. The number of carbonyl (C=O) groups excluding carboxylic acids is 2. The van der Waals surface area contributed by atoms with Crippen LogP contribution in [0.4, 0.5) is 0 Å². The number of ether oxygens (including phenoxy) is 1. The van der Waals surface area contributed by atoms with Gasteiger partial charge in [0, 0.05) is 30.9 Å². The van der Waals surface area contributed by atoms with E-state index < -0.39 is 0 Å². The average Bonchev–Trinajstić information content (AvgIpc) is 3.28. The van der Waals surface area contributed by atoms with E-state index in [4.69, 9.17) is 4.74 Å². The molecule has 1 saturated carbocycles. The quantitative estimate of drug-likeness (QED) is 0.329. The number of cyclic esters (lactones) is 1. The molecule has 7 heteroatoms. The molecular weight excluding hydrogens is 440 g/mol. The highest BCUT2D eigenvalue weighted by Crippen LogP contribution is 2.49. The third kappa shape index (κ3) is 4.70. The minimum atomic E-state index is -0.303. The fourth-order valence-corrected chi connectivity index (χ4v) is 6.29. The molecule has 1 aliphatic carbocycles. The molecule has 0 bridgehead atoms. The molecule has 1 spiro atoms. The first-order chi connectivity index (χ1) is 16.7. The maximum absolute atomic E-state index is 13.6. The minimum absolute atomic E-state index is 0.102. The van der Waals surface area contributed by atoms with Crippen molar-refractivity contribution in [3.05, 3.63) is 46.2 Å². The maximum Gasteiger partial charge on any atom is 0.336 e. The Morgan fingerprint density at radius 1 is 1.29 bits per heavy atom. The van der Waals surface area contributed by atoms with Crippen LogP contribution in [0.2, 0.25) is 0 Å². The predicted octanol–water partition coefficient (Wildman–Crippen LogP) is 4.49. The zero-order chi connectivity index (χ0) is 25.3. The molecule has 1 aromatic carbocycles. The van der Waals surface area contributed by atoms with Crippen LogP contribution in [-0.2, 0) is 27.3 Å². The first-order valence-corrected chi connectivity index (χ1v) is 12.7. The van der Waals surface area contributed by atoms with Gasteiger partial charge in [-0.3, -0.25) is 9.69 Å². The van der Waals surface area contributed by atoms with Gasteiger partial charge in [0.2, 0.25) is 5.91 Å². The summed E-state index contributed by atoms with van der Waals surface area (Å²) in [4.78, 5) is 29.8. The number of carbonyl (C=O) groups is 2. The number of nitrogens with zero attached hydrogens (tertiary/aromatic N) is 4.